The summed E-state index contributed by atoms with van der Waals surface area (Å²) < 4.78 is 5.48. The lowest BCUT2D eigenvalue weighted by Crippen LogP contribution is -1.90. The molecule has 3 rings (SSSR count). The van der Waals surface area contributed by atoms with Gasteiger partial charge in [-0.2, -0.15) is 0 Å². The molecular weight excluding hydrogens is 236 g/mol. The first-order chi connectivity index (χ1) is 9.24. The number of hydrogen-bond donors (Lipinski definition) is 1. The van der Waals surface area contributed by atoms with E-state index >= 15 is 0 Å². The molecule has 3 aromatic rings. The fraction of sp³-hybridized carbons (Fsp3) is 0.188. The monoisotopic (exact) mass is 252 g/mol. The summed E-state index contributed by atoms with van der Waals surface area (Å²) >= 11 is 0. The van der Waals surface area contributed by atoms with Crippen molar-refractivity contribution in [3.8, 4) is 0 Å². The number of rotatable bonds is 3. The normalized spacial score (nSPS) is 10.8. The van der Waals surface area contributed by atoms with E-state index in [0.29, 0.717) is 5.89 Å². The zero-order chi connectivity index (χ0) is 13.2. The van der Waals surface area contributed by atoms with Gasteiger partial charge < -0.3 is 9.73 Å². The summed E-state index contributed by atoms with van der Waals surface area (Å²) in [4.78, 5) is 4.37. The zero-order valence-corrected chi connectivity index (χ0v) is 11.1. The highest BCUT2D eigenvalue weighted by molar-refractivity contribution is 5.73. The van der Waals surface area contributed by atoms with Crippen LogP contribution in [0.15, 0.2) is 46.9 Å². The third kappa shape index (κ3) is 2.45. The molecule has 0 saturated heterocycles. The Balaban J connectivity index is 1.87. The van der Waals surface area contributed by atoms with Crippen molar-refractivity contribution in [2.45, 2.75) is 13.3 Å². The van der Waals surface area contributed by atoms with Crippen LogP contribution in [0.1, 0.15) is 17.0 Å². The minimum absolute atomic E-state index is 0.713. The second kappa shape index (κ2) is 4.76. The average molecular weight is 252 g/mol. The zero-order valence-electron chi connectivity index (χ0n) is 11.1. The molecule has 3 nitrogen and oxygen atoms in total. The number of oxazole rings is 1. The maximum atomic E-state index is 5.48. The molecule has 0 amide bonds. The number of nitrogens with zero attached hydrogens (tertiary/aromatic N) is 1. The molecule has 1 N–H and O–H groups in total. The van der Waals surface area contributed by atoms with E-state index in [1.807, 2.05) is 20.0 Å². The molecule has 0 fully saturated rings. The molecule has 2 aromatic carbocycles. The molecular formula is C16H16N2O. The average Bonchev–Trinajstić information content (AvgIpc) is 2.79. The van der Waals surface area contributed by atoms with Gasteiger partial charge >= 0.3 is 0 Å². The highest BCUT2D eigenvalue weighted by Crippen LogP contribution is 2.19. The maximum absolute atomic E-state index is 5.48. The van der Waals surface area contributed by atoms with Crippen LogP contribution in [-0.2, 0) is 6.42 Å². The van der Waals surface area contributed by atoms with Gasteiger partial charge in [0.2, 0.25) is 0 Å². The Hall–Kier alpha value is -2.29. The first-order valence-electron chi connectivity index (χ1n) is 6.37. The Morgan fingerprint density at radius 2 is 1.79 bits per heavy atom. The van der Waals surface area contributed by atoms with E-state index in [2.05, 4.69) is 46.7 Å². The third-order valence-electron chi connectivity index (χ3n) is 3.21. The van der Waals surface area contributed by atoms with Crippen molar-refractivity contribution in [2.75, 3.05) is 12.4 Å². The molecule has 0 aliphatic rings. The van der Waals surface area contributed by atoms with Gasteiger partial charge in [-0.05, 0) is 41.8 Å². The van der Waals surface area contributed by atoms with E-state index < -0.39 is 0 Å². The van der Waals surface area contributed by atoms with Crippen molar-refractivity contribution in [3.63, 3.8) is 0 Å². The van der Waals surface area contributed by atoms with Gasteiger partial charge in [0.1, 0.15) is 5.52 Å². The van der Waals surface area contributed by atoms with Gasteiger partial charge in [-0.3, -0.25) is 0 Å². The minimum atomic E-state index is 0.713. The summed E-state index contributed by atoms with van der Waals surface area (Å²) in [6, 6.07) is 14.7. The van der Waals surface area contributed by atoms with Gasteiger partial charge in [0.25, 0.3) is 0 Å². The van der Waals surface area contributed by atoms with Crippen LogP contribution in [0.5, 0.6) is 0 Å². The van der Waals surface area contributed by atoms with Crippen molar-refractivity contribution in [1.29, 1.82) is 0 Å². The molecule has 0 bridgehead atoms. The topological polar surface area (TPSA) is 38.1 Å². The number of nitrogens with one attached hydrogen (secondary N) is 1. The van der Waals surface area contributed by atoms with Crippen molar-refractivity contribution in [2.24, 2.45) is 0 Å². The number of aryl methyl sites for hydroxylation is 1. The van der Waals surface area contributed by atoms with Crippen LogP contribution in [0.25, 0.3) is 11.1 Å². The third-order valence-corrected chi connectivity index (χ3v) is 3.21. The summed E-state index contributed by atoms with van der Waals surface area (Å²) in [5, 5.41) is 3.12. The molecule has 0 aliphatic heterocycles. The van der Waals surface area contributed by atoms with Gasteiger partial charge in [-0.15, -0.1) is 0 Å². The van der Waals surface area contributed by atoms with Crippen LogP contribution in [0.3, 0.4) is 0 Å². The number of hydrogen-bond acceptors (Lipinski definition) is 3. The second-order valence-corrected chi connectivity index (χ2v) is 4.66. The van der Waals surface area contributed by atoms with Crippen molar-refractivity contribution in [3.05, 3.63) is 59.5 Å². The van der Waals surface area contributed by atoms with Gasteiger partial charge in [-0.25, -0.2) is 4.98 Å². The molecule has 0 aliphatic carbocycles. The Bertz CT molecular complexity index is 698. The SMILES string of the molecule is CNc1ccc(Cc2ccc3oc(C)nc3c2)cc1. The van der Waals surface area contributed by atoms with E-state index in [1.165, 1.54) is 11.1 Å². The molecule has 0 unspecified atom stereocenters. The standard InChI is InChI=1S/C16H16N2O/c1-11-18-15-10-13(5-8-16(15)19-11)9-12-3-6-14(17-2)7-4-12/h3-8,10,17H,9H2,1-2H3. The van der Waals surface area contributed by atoms with Gasteiger partial charge in [-0.1, -0.05) is 18.2 Å². The van der Waals surface area contributed by atoms with E-state index in [9.17, 15) is 0 Å². The predicted molar refractivity (Wildman–Crippen MR) is 77.5 cm³/mol. The molecule has 1 heterocycles. The van der Waals surface area contributed by atoms with E-state index in [0.717, 1.165) is 23.2 Å². The Kier molecular flexibility index (Phi) is 2.95. The van der Waals surface area contributed by atoms with Crippen molar-refractivity contribution < 1.29 is 4.42 Å². The van der Waals surface area contributed by atoms with E-state index in [-0.39, 0.29) is 0 Å². The van der Waals surface area contributed by atoms with Crippen molar-refractivity contribution >= 4 is 16.8 Å². The van der Waals surface area contributed by atoms with Crippen LogP contribution in [0.2, 0.25) is 0 Å². The number of fused-ring (bicyclic) bond motifs is 1. The molecule has 96 valence electrons. The summed E-state index contributed by atoms with van der Waals surface area (Å²) in [7, 11) is 1.93. The van der Waals surface area contributed by atoms with Crippen LogP contribution in [0.4, 0.5) is 5.69 Å². The van der Waals surface area contributed by atoms with Crippen molar-refractivity contribution in [1.82, 2.24) is 4.98 Å². The van der Waals surface area contributed by atoms with E-state index in [1.54, 1.807) is 0 Å². The molecule has 0 radical (unpaired) electrons. The summed E-state index contributed by atoms with van der Waals surface area (Å²) in [5.74, 6) is 0.713. The van der Waals surface area contributed by atoms with Gasteiger partial charge in [0.05, 0.1) is 0 Å². The molecule has 3 heteroatoms. The fourth-order valence-electron chi connectivity index (χ4n) is 2.22. The van der Waals surface area contributed by atoms with Crippen LogP contribution in [-0.4, -0.2) is 12.0 Å². The first kappa shape index (κ1) is 11.8. The Labute approximate surface area is 112 Å². The molecule has 19 heavy (non-hydrogen) atoms. The minimum Gasteiger partial charge on any atom is -0.441 e. The molecule has 0 atom stereocenters. The lowest BCUT2D eigenvalue weighted by molar-refractivity contribution is 0.561. The second-order valence-electron chi connectivity index (χ2n) is 4.66. The molecule has 0 spiro atoms. The summed E-state index contributed by atoms with van der Waals surface area (Å²) in [6.07, 6.45) is 0.909. The predicted octanol–water partition coefficient (Wildman–Crippen LogP) is 3.77. The fourth-order valence-corrected chi connectivity index (χ4v) is 2.22. The summed E-state index contributed by atoms with van der Waals surface area (Å²) in [5.41, 5.74) is 5.46. The lowest BCUT2D eigenvalue weighted by Gasteiger charge is -2.04. The first-order valence-corrected chi connectivity index (χ1v) is 6.37. The highest BCUT2D eigenvalue weighted by Gasteiger charge is 2.04. The molecule has 1 aromatic heterocycles. The maximum Gasteiger partial charge on any atom is 0.192 e. The number of aromatic nitrogens is 1. The number of anilines is 1. The van der Waals surface area contributed by atoms with Crippen LogP contribution in [0, 0.1) is 6.92 Å². The van der Waals surface area contributed by atoms with Crippen LogP contribution >= 0.6 is 0 Å². The molecule has 0 saturated carbocycles. The van der Waals surface area contributed by atoms with Gasteiger partial charge in [0.15, 0.2) is 11.5 Å². The quantitative estimate of drug-likeness (QED) is 0.771. The largest absolute Gasteiger partial charge is 0.441 e. The number of benzene rings is 2. The highest BCUT2D eigenvalue weighted by atomic mass is 16.3. The smallest absolute Gasteiger partial charge is 0.192 e. The van der Waals surface area contributed by atoms with Crippen LogP contribution < -0.4 is 5.32 Å². The Morgan fingerprint density at radius 1 is 1.05 bits per heavy atom. The van der Waals surface area contributed by atoms with Gasteiger partial charge in [0, 0.05) is 19.7 Å². The Morgan fingerprint density at radius 3 is 2.53 bits per heavy atom. The summed E-state index contributed by atoms with van der Waals surface area (Å²) in [6.45, 7) is 1.87. The lowest BCUT2D eigenvalue weighted by atomic mass is 10.0. The van der Waals surface area contributed by atoms with E-state index in [4.69, 9.17) is 4.42 Å².